The number of hydrogen-bond donors (Lipinski definition) is 1. The quantitative estimate of drug-likeness (QED) is 0.502. The van der Waals surface area contributed by atoms with Gasteiger partial charge in [0, 0.05) is 12.1 Å². The highest BCUT2D eigenvalue weighted by Crippen LogP contribution is 2.23. The Morgan fingerprint density at radius 1 is 1.35 bits per heavy atom. The fraction of sp³-hybridized carbons (Fsp3) is 0.0769. The zero-order valence-electron chi connectivity index (χ0n) is 11.2. The normalized spacial score (nSPS) is 10.2. The minimum absolute atomic E-state index is 0.212. The minimum Gasteiger partial charge on any atom is -0.451 e. The van der Waals surface area contributed by atoms with Crippen molar-refractivity contribution in [1.82, 2.24) is 0 Å². The highest BCUT2D eigenvalue weighted by Gasteiger charge is 2.15. The number of nitro benzene ring substituents is 1. The van der Waals surface area contributed by atoms with Crippen LogP contribution in [0.15, 0.2) is 30.3 Å². The van der Waals surface area contributed by atoms with Gasteiger partial charge in [-0.3, -0.25) is 14.9 Å². The Morgan fingerprint density at radius 2 is 2.09 bits per heavy atom. The Hall–Kier alpha value is -2.52. The van der Waals surface area contributed by atoms with E-state index < -0.39 is 29.2 Å². The van der Waals surface area contributed by atoms with Crippen LogP contribution in [0.4, 0.5) is 15.8 Å². The molecule has 120 valence electrons. The standard InChI is InChI=1S/C13H8ClFN2O5S/c14-11-4-3-10(23-11)13(19)22-6-12(18)16-9-5-7(17(20)21)1-2-8(9)15/h1-5H,6H2,(H,16,18). The predicted octanol–water partition coefficient (Wildman–Crippen LogP) is 3.24. The number of halogens is 2. The molecule has 0 bridgehead atoms. The summed E-state index contributed by atoms with van der Waals surface area (Å²) in [7, 11) is 0. The maximum atomic E-state index is 13.5. The van der Waals surface area contributed by atoms with Crippen molar-refractivity contribution in [3.05, 3.63) is 55.5 Å². The molecule has 0 spiro atoms. The van der Waals surface area contributed by atoms with E-state index in [0.717, 1.165) is 29.5 Å². The first kappa shape index (κ1) is 16.8. The van der Waals surface area contributed by atoms with E-state index in [4.69, 9.17) is 16.3 Å². The molecule has 0 saturated carbocycles. The number of esters is 1. The molecule has 0 aliphatic rings. The number of carbonyl (C=O) groups excluding carboxylic acids is 2. The summed E-state index contributed by atoms with van der Waals surface area (Å²) in [4.78, 5) is 33.4. The number of hydrogen-bond acceptors (Lipinski definition) is 6. The molecule has 1 heterocycles. The van der Waals surface area contributed by atoms with Crippen LogP contribution in [0, 0.1) is 15.9 Å². The molecule has 0 unspecified atom stereocenters. The topological polar surface area (TPSA) is 98.5 Å². The predicted molar refractivity (Wildman–Crippen MR) is 81.3 cm³/mol. The summed E-state index contributed by atoms with van der Waals surface area (Å²) >= 11 is 6.65. The lowest BCUT2D eigenvalue weighted by Gasteiger charge is -2.06. The molecule has 1 aromatic carbocycles. The van der Waals surface area contributed by atoms with E-state index in [0.29, 0.717) is 4.34 Å². The van der Waals surface area contributed by atoms with Gasteiger partial charge in [0.2, 0.25) is 0 Å². The number of rotatable bonds is 5. The Balaban J connectivity index is 1.96. The average Bonchev–Trinajstić information content (AvgIpc) is 2.93. The molecule has 0 saturated heterocycles. The third kappa shape index (κ3) is 4.47. The van der Waals surface area contributed by atoms with Crippen LogP contribution in [0.5, 0.6) is 0 Å². The summed E-state index contributed by atoms with van der Waals surface area (Å²) in [5.74, 6) is -2.43. The van der Waals surface area contributed by atoms with Gasteiger partial charge in [-0.25, -0.2) is 9.18 Å². The largest absolute Gasteiger partial charge is 0.451 e. The maximum Gasteiger partial charge on any atom is 0.348 e. The smallest absolute Gasteiger partial charge is 0.348 e. The van der Waals surface area contributed by atoms with Crippen LogP contribution in [-0.2, 0) is 9.53 Å². The van der Waals surface area contributed by atoms with E-state index in [9.17, 15) is 24.1 Å². The Kier molecular flexibility index (Phi) is 5.24. The van der Waals surface area contributed by atoms with E-state index in [-0.39, 0.29) is 16.3 Å². The van der Waals surface area contributed by atoms with Crippen molar-refractivity contribution >= 4 is 46.2 Å². The first-order valence-electron chi connectivity index (χ1n) is 6.03. The Bertz CT molecular complexity index is 779. The molecule has 2 rings (SSSR count). The van der Waals surface area contributed by atoms with Crippen molar-refractivity contribution in [1.29, 1.82) is 0 Å². The molecule has 10 heteroatoms. The molecular formula is C13H8ClFN2O5S. The van der Waals surface area contributed by atoms with Crippen LogP contribution in [0.3, 0.4) is 0 Å². The van der Waals surface area contributed by atoms with Crippen LogP contribution >= 0.6 is 22.9 Å². The van der Waals surface area contributed by atoms with Gasteiger partial charge in [0.25, 0.3) is 11.6 Å². The van der Waals surface area contributed by atoms with Crippen LogP contribution in [0.2, 0.25) is 4.34 Å². The summed E-state index contributed by atoms with van der Waals surface area (Å²) < 4.78 is 18.6. The number of anilines is 1. The number of ether oxygens (including phenoxy) is 1. The summed E-state index contributed by atoms with van der Waals surface area (Å²) in [6.07, 6.45) is 0. The van der Waals surface area contributed by atoms with E-state index >= 15 is 0 Å². The molecule has 1 amide bonds. The molecule has 7 nitrogen and oxygen atoms in total. The number of nitrogens with one attached hydrogen (secondary N) is 1. The van der Waals surface area contributed by atoms with E-state index in [1.54, 1.807) is 0 Å². The lowest BCUT2D eigenvalue weighted by atomic mass is 10.2. The van der Waals surface area contributed by atoms with Gasteiger partial charge in [-0.15, -0.1) is 11.3 Å². The minimum atomic E-state index is -0.847. The number of thiophene rings is 1. The molecular weight excluding hydrogens is 351 g/mol. The van der Waals surface area contributed by atoms with Gasteiger partial charge >= 0.3 is 5.97 Å². The zero-order valence-corrected chi connectivity index (χ0v) is 12.8. The number of nitro groups is 1. The van der Waals surface area contributed by atoms with Crippen molar-refractivity contribution in [2.45, 2.75) is 0 Å². The molecule has 0 aliphatic heterocycles. The maximum absolute atomic E-state index is 13.5. The number of amides is 1. The van der Waals surface area contributed by atoms with Gasteiger partial charge in [0.05, 0.1) is 14.9 Å². The van der Waals surface area contributed by atoms with Crippen molar-refractivity contribution in [2.75, 3.05) is 11.9 Å². The second-order valence-electron chi connectivity index (χ2n) is 4.15. The number of nitrogens with zero attached hydrogens (tertiary/aromatic N) is 1. The van der Waals surface area contributed by atoms with Gasteiger partial charge in [0.1, 0.15) is 10.7 Å². The fourth-order valence-electron chi connectivity index (χ4n) is 1.54. The van der Waals surface area contributed by atoms with Crippen molar-refractivity contribution in [3.63, 3.8) is 0 Å². The monoisotopic (exact) mass is 358 g/mol. The van der Waals surface area contributed by atoms with Gasteiger partial charge in [-0.2, -0.15) is 0 Å². The van der Waals surface area contributed by atoms with Crippen molar-refractivity contribution in [3.8, 4) is 0 Å². The van der Waals surface area contributed by atoms with Gasteiger partial charge in [0.15, 0.2) is 6.61 Å². The van der Waals surface area contributed by atoms with E-state index in [2.05, 4.69) is 5.32 Å². The highest BCUT2D eigenvalue weighted by molar-refractivity contribution is 7.17. The first-order chi connectivity index (χ1) is 10.9. The third-order valence-corrected chi connectivity index (χ3v) is 3.75. The molecule has 1 N–H and O–H groups in total. The van der Waals surface area contributed by atoms with Crippen molar-refractivity contribution < 1.29 is 23.6 Å². The summed E-state index contributed by atoms with van der Waals surface area (Å²) in [6, 6.07) is 5.63. The van der Waals surface area contributed by atoms with Gasteiger partial charge in [-0.05, 0) is 18.2 Å². The number of benzene rings is 1. The van der Waals surface area contributed by atoms with E-state index in [1.807, 2.05) is 0 Å². The van der Waals surface area contributed by atoms with E-state index in [1.165, 1.54) is 12.1 Å². The summed E-state index contributed by atoms with van der Waals surface area (Å²) in [5.41, 5.74) is -0.758. The molecule has 0 fully saturated rings. The van der Waals surface area contributed by atoms with Crippen molar-refractivity contribution in [2.24, 2.45) is 0 Å². The second kappa shape index (κ2) is 7.16. The molecule has 23 heavy (non-hydrogen) atoms. The van der Waals surface area contributed by atoms with Crippen LogP contribution in [0.1, 0.15) is 9.67 Å². The third-order valence-electron chi connectivity index (χ3n) is 2.54. The number of carbonyl (C=O) groups is 2. The molecule has 2 aromatic rings. The van der Waals surface area contributed by atoms with Crippen LogP contribution in [0.25, 0.3) is 0 Å². The Labute approximate surface area is 137 Å². The molecule has 0 atom stereocenters. The van der Waals surface area contributed by atoms with Crippen LogP contribution in [-0.4, -0.2) is 23.4 Å². The average molecular weight is 359 g/mol. The van der Waals surface area contributed by atoms with Crippen LogP contribution < -0.4 is 5.32 Å². The lowest BCUT2D eigenvalue weighted by Crippen LogP contribution is -2.21. The summed E-state index contributed by atoms with van der Waals surface area (Å²) in [6.45, 7) is -0.670. The first-order valence-corrected chi connectivity index (χ1v) is 7.22. The van der Waals surface area contributed by atoms with Gasteiger partial charge in [-0.1, -0.05) is 11.6 Å². The lowest BCUT2D eigenvalue weighted by molar-refractivity contribution is -0.384. The highest BCUT2D eigenvalue weighted by atomic mass is 35.5. The molecule has 0 aliphatic carbocycles. The van der Waals surface area contributed by atoms with Gasteiger partial charge < -0.3 is 10.1 Å². The molecule has 1 aromatic heterocycles. The number of non-ortho nitro benzene ring substituents is 1. The summed E-state index contributed by atoms with van der Waals surface area (Å²) in [5, 5.41) is 12.7. The zero-order chi connectivity index (χ0) is 17.0. The second-order valence-corrected chi connectivity index (χ2v) is 5.86. The Morgan fingerprint density at radius 3 is 2.70 bits per heavy atom. The SMILES string of the molecule is O=C(COC(=O)c1ccc(Cl)s1)Nc1cc([N+](=O)[O-])ccc1F. The fourth-order valence-corrected chi connectivity index (χ4v) is 2.47. The molecule has 0 radical (unpaired) electrons.